The van der Waals surface area contributed by atoms with E-state index in [4.69, 9.17) is 0 Å². The Balaban J connectivity index is 1.45. The Morgan fingerprint density at radius 2 is 1.68 bits per heavy atom. The lowest BCUT2D eigenvalue weighted by atomic mass is 9.88. The third-order valence-corrected chi connectivity index (χ3v) is 7.20. The Labute approximate surface area is 184 Å². The van der Waals surface area contributed by atoms with Gasteiger partial charge in [0.1, 0.15) is 0 Å². The quantitative estimate of drug-likeness (QED) is 0.576. The number of rotatable bonds is 9. The first-order valence-corrected chi connectivity index (χ1v) is 12.7. The van der Waals surface area contributed by atoms with Gasteiger partial charge in [0.25, 0.3) is 5.91 Å². The molecule has 1 fully saturated rings. The molecule has 0 atom stereocenters. The summed E-state index contributed by atoms with van der Waals surface area (Å²) < 4.78 is 24.5. The fourth-order valence-electron chi connectivity index (χ4n) is 3.84. The zero-order valence-corrected chi connectivity index (χ0v) is 18.5. The zero-order valence-electron chi connectivity index (χ0n) is 17.7. The van der Waals surface area contributed by atoms with Crippen LogP contribution in [0.5, 0.6) is 0 Å². The van der Waals surface area contributed by atoms with Crippen molar-refractivity contribution in [2.75, 3.05) is 17.6 Å². The van der Waals surface area contributed by atoms with Crippen LogP contribution in [0, 0.1) is 5.92 Å². The molecule has 0 radical (unpaired) electrons. The van der Waals surface area contributed by atoms with Crippen LogP contribution in [0.1, 0.15) is 54.4 Å². The number of anilines is 1. The lowest BCUT2D eigenvalue weighted by molar-refractivity contribution is -0.120. The van der Waals surface area contributed by atoms with Gasteiger partial charge in [-0.2, -0.15) is 0 Å². The van der Waals surface area contributed by atoms with Gasteiger partial charge in [-0.15, -0.1) is 0 Å². The van der Waals surface area contributed by atoms with Crippen molar-refractivity contribution >= 4 is 27.3 Å². The SMILES string of the molecule is O=C(NCCCS(=O)(=O)Cc1ccccc1)c1cccc(NC(=O)C2CCCCC2)c1. The first kappa shape index (κ1) is 23.0. The monoisotopic (exact) mass is 442 g/mol. The number of amides is 2. The van der Waals surface area contributed by atoms with Gasteiger partial charge >= 0.3 is 0 Å². The van der Waals surface area contributed by atoms with E-state index in [-0.39, 0.29) is 35.8 Å². The van der Waals surface area contributed by atoms with E-state index >= 15 is 0 Å². The normalized spacial score (nSPS) is 14.7. The molecule has 2 N–H and O–H groups in total. The summed E-state index contributed by atoms with van der Waals surface area (Å²) in [4.78, 5) is 24.8. The maximum absolute atomic E-state index is 12.4. The summed E-state index contributed by atoms with van der Waals surface area (Å²) in [5.41, 5.74) is 1.81. The summed E-state index contributed by atoms with van der Waals surface area (Å²) in [5.74, 6) is -0.205. The van der Waals surface area contributed by atoms with Crippen LogP contribution in [0.2, 0.25) is 0 Å². The number of carbonyl (C=O) groups excluding carboxylic acids is 2. The number of nitrogens with one attached hydrogen (secondary N) is 2. The van der Waals surface area contributed by atoms with Crippen molar-refractivity contribution in [1.82, 2.24) is 5.32 Å². The molecule has 1 aliphatic carbocycles. The smallest absolute Gasteiger partial charge is 0.251 e. The van der Waals surface area contributed by atoms with Crippen LogP contribution in [0.25, 0.3) is 0 Å². The summed E-state index contributed by atoms with van der Waals surface area (Å²) in [6.07, 6.45) is 5.54. The van der Waals surface area contributed by atoms with E-state index in [9.17, 15) is 18.0 Å². The standard InChI is InChI=1S/C24H30N2O4S/c27-23(25-15-8-16-31(29,30)18-19-9-3-1-4-10-19)21-13-7-14-22(17-21)26-24(28)20-11-5-2-6-12-20/h1,3-4,7,9-10,13-14,17,20H,2,5-6,8,11-12,15-16,18H2,(H,25,27)(H,26,28). The molecule has 6 nitrogen and oxygen atoms in total. The Bertz CT molecular complexity index is 984. The fourth-order valence-corrected chi connectivity index (χ4v) is 5.27. The molecule has 1 aliphatic rings. The summed E-state index contributed by atoms with van der Waals surface area (Å²) in [6.45, 7) is 0.269. The van der Waals surface area contributed by atoms with Crippen molar-refractivity contribution in [2.24, 2.45) is 5.92 Å². The minimum absolute atomic E-state index is 0.00449. The van der Waals surface area contributed by atoms with E-state index in [2.05, 4.69) is 10.6 Å². The molecule has 3 rings (SSSR count). The van der Waals surface area contributed by atoms with Crippen molar-refractivity contribution in [3.8, 4) is 0 Å². The predicted octanol–water partition coefficient (Wildman–Crippen LogP) is 3.94. The van der Waals surface area contributed by atoms with E-state index < -0.39 is 9.84 Å². The molecule has 2 amide bonds. The average Bonchev–Trinajstić information content (AvgIpc) is 2.78. The van der Waals surface area contributed by atoms with Gasteiger partial charge in [0, 0.05) is 23.7 Å². The highest BCUT2D eigenvalue weighted by Gasteiger charge is 2.21. The molecule has 0 aliphatic heterocycles. The predicted molar refractivity (Wildman–Crippen MR) is 123 cm³/mol. The van der Waals surface area contributed by atoms with Crippen LogP contribution < -0.4 is 10.6 Å². The molecule has 0 saturated heterocycles. The number of hydrogen-bond acceptors (Lipinski definition) is 4. The maximum atomic E-state index is 12.4. The van der Waals surface area contributed by atoms with Gasteiger partial charge in [-0.05, 0) is 43.0 Å². The average molecular weight is 443 g/mol. The van der Waals surface area contributed by atoms with Crippen molar-refractivity contribution in [3.05, 3.63) is 65.7 Å². The van der Waals surface area contributed by atoms with Crippen molar-refractivity contribution in [2.45, 2.75) is 44.3 Å². The van der Waals surface area contributed by atoms with Crippen LogP contribution in [0.4, 0.5) is 5.69 Å². The first-order chi connectivity index (χ1) is 14.9. The highest BCUT2D eigenvalue weighted by Crippen LogP contribution is 2.25. The number of hydrogen-bond donors (Lipinski definition) is 2. The zero-order chi connectivity index (χ0) is 22.1. The van der Waals surface area contributed by atoms with E-state index in [1.54, 1.807) is 36.4 Å². The molecule has 1 saturated carbocycles. The van der Waals surface area contributed by atoms with Gasteiger partial charge in [0.05, 0.1) is 11.5 Å². The topological polar surface area (TPSA) is 92.3 Å². The molecule has 0 unspecified atom stereocenters. The van der Waals surface area contributed by atoms with Gasteiger partial charge in [-0.1, -0.05) is 55.7 Å². The third kappa shape index (κ3) is 7.51. The van der Waals surface area contributed by atoms with E-state index in [1.807, 2.05) is 18.2 Å². The van der Waals surface area contributed by atoms with E-state index in [0.717, 1.165) is 31.2 Å². The number of carbonyl (C=O) groups is 2. The molecule has 0 spiro atoms. The van der Waals surface area contributed by atoms with Crippen molar-refractivity contribution in [3.63, 3.8) is 0 Å². The van der Waals surface area contributed by atoms with E-state index in [0.29, 0.717) is 17.7 Å². The molecule has 7 heteroatoms. The Hall–Kier alpha value is -2.67. The van der Waals surface area contributed by atoms with Gasteiger partial charge in [0.15, 0.2) is 9.84 Å². The Morgan fingerprint density at radius 1 is 0.935 bits per heavy atom. The van der Waals surface area contributed by atoms with Crippen molar-refractivity contribution < 1.29 is 18.0 Å². The second kappa shape index (κ2) is 11.1. The van der Waals surface area contributed by atoms with Crippen LogP contribution >= 0.6 is 0 Å². The van der Waals surface area contributed by atoms with Crippen LogP contribution in [0.15, 0.2) is 54.6 Å². The molecule has 2 aromatic rings. The summed E-state index contributed by atoms with van der Waals surface area (Å²) in [5, 5.41) is 5.68. The van der Waals surface area contributed by atoms with Gasteiger partial charge in [0.2, 0.25) is 5.91 Å². The second-order valence-electron chi connectivity index (χ2n) is 8.09. The number of sulfone groups is 1. The number of benzene rings is 2. The largest absolute Gasteiger partial charge is 0.352 e. The molecule has 0 bridgehead atoms. The Kier molecular flexibility index (Phi) is 8.23. The molecular formula is C24H30N2O4S. The molecule has 0 aromatic heterocycles. The highest BCUT2D eigenvalue weighted by atomic mass is 32.2. The third-order valence-electron chi connectivity index (χ3n) is 5.52. The molecular weight excluding hydrogens is 412 g/mol. The minimum atomic E-state index is -3.23. The van der Waals surface area contributed by atoms with Crippen molar-refractivity contribution in [1.29, 1.82) is 0 Å². The van der Waals surface area contributed by atoms with Crippen LogP contribution in [0.3, 0.4) is 0 Å². The fraction of sp³-hybridized carbons (Fsp3) is 0.417. The van der Waals surface area contributed by atoms with Gasteiger partial charge in [-0.3, -0.25) is 9.59 Å². The molecule has 31 heavy (non-hydrogen) atoms. The van der Waals surface area contributed by atoms with Crippen LogP contribution in [-0.4, -0.2) is 32.5 Å². The molecule has 0 heterocycles. The molecule has 166 valence electrons. The highest BCUT2D eigenvalue weighted by molar-refractivity contribution is 7.90. The van der Waals surface area contributed by atoms with Gasteiger partial charge < -0.3 is 10.6 Å². The summed E-state index contributed by atoms with van der Waals surface area (Å²) >= 11 is 0. The van der Waals surface area contributed by atoms with E-state index in [1.165, 1.54) is 6.42 Å². The maximum Gasteiger partial charge on any atom is 0.251 e. The lowest BCUT2D eigenvalue weighted by Gasteiger charge is -2.20. The second-order valence-corrected chi connectivity index (χ2v) is 10.3. The van der Waals surface area contributed by atoms with Crippen LogP contribution in [-0.2, 0) is 20.4 Å². The Morgan fingerprint density at radius 3 is 2.42 bits per heavy atom. The molecule has 2 aromatic carbocycles. The first-order valence-electron chi connectivity index (χ1n) is 10.9. The van der Waals surface area contributed by atoms with Gasteiger partial charge in [-0.25, -0.2) is 8.42 Å². The summed E-state index contributed by atoms with van der Waals surface area (Å²) in [6, 6.07) is 15.9. The summed E-state index contributed by atoms with van der Waals surface area (Å²) in [7, 11) is -3.23. The lowest BCUT2D eigenvalue weighted by Crippen LogP contribution is -2.27. The minimum Gasteiger partial charge on any atom is -0.352 e.